The second-order valence-electron chi connectivity index (χ2n) is 7.00. The van der Waals surface area contributed by atoms with Gasteiger partial charge in [0, 0.05) is 6.42 Å². The number of nitrogens with zero attached hydrogens (tertiary/aromatic N) is 1. The molecule has 0 aromatic carbocycles. The molecule has 4 atom stereocenters. The molecule has 12 nitrogen and oxygen atoms in total. The first-order valence-corrected chi connectivity index (χ1v) is 8.95. The third-order valence-corrected chi connectivity index (χ3v) is 4.34. The molecule has 1 aromatic rings. The first-order chi connectivity index (χ1) is 13.6. The summed E-state index contributed by atoms with van der Waals surface area (Å²) in [5.41, 5.74) is 11.6. The normalized spacial score (nSPS) is 22.5. The zero-order chi connectivity index (χ0) is 21.7. The maximum absolute atomic E-state index is 12.2. The van der Waals surface area contributed by atoms with Gasteiger partial charge in [-0.15, -0.1) is 0 Å². The van der Waals surface area contributed by atoms with Crippen LogP contribution in [0.15, 0.2) is 18.3 Å². The summed E-state index contributed by atoms with van der Waals surface area (Å²) in [4.78, 5) is 51.4. The van der Waals surface area contributed by atoms with Crippen molar-refractivity contribution >= 4 is 29.4 Å². The van der Waals surface area contributed by atoms with Crippen LogP contribution in [0.25, 0.3) is 0 Å². The summed E-state index contributed by atoms with van der Waals surface area (Å²) in [5, 5.41) is 19.3. The molecule has 12 heteroatoms. The van der Waals surface area contributed by atoms with Gasteiger partial charge in [0.05, 0.1) is 24.0 Å². The second kappa shape index (κ2) is 9.41. The summed E-state index contributed by atoms with van der Waals surface area (Å²) in [6.45, 7) is 3.35. The van der Waals surface area contributed by atoms with Crippen LogP contribution >= 0.6 is 0 Å². The molecule has 2 rings (SSSR count). The fourth-order valence-corrected chi connectivity index (χ4v) is 2.75. The van der Waals surface area contributed by atoms with E-state index in [1.165, 1.54) is 18.3 Å². The highest BCUT2D eigenvalue weighted by Crippen LogP contribution is 2.13. The van der Waals surface area contributed by atoms with Crippen LogP contribution in [0.1, 0.15) is 30.8 Å². The highest BCUT2D eigenvalue weighted by atomic mass is 16.4. The van der Waals surface area contributed by atoms with Gasteiger partial charge in [0.2, 0.25) is 11.8 Å². The molecule has 1 aromatic heterocycles. The van der Waals surface area contributed by atoms with Crippen molar-refractivity contribution in [1.29, 1.82) is 0 Å². The predicted octanol–water partition coefficient (Wildman–Crippen LogP) is -1.89. The van der Waals surface area contributed by atoms with Crippen LogP contribution in [0, 0.1) is 11.8 Å². The summed E-state index contributed by atoms with van der Waals surface area (Å²) >= 11 is 0. The number of pyridine rings is 1. The number of hydrogen-bond acceptors (Lipinski definition) is 8. The van der Waals surface area contributed by atoms with Gasteiger partial charge in [-0.05, 0) is 18.1 Å². The average Bonchev–Trinajstić information content (AvgIpc) is 2.62. The van der Waals surface area contributed by atoms with E-state index in [2.05, 4.69) is 26.3 Å². The Hall–Kier alpha value is -3.09. The molecular weight excluding hydrogens is 382 g/mol. The van der Waals surface area contributed by atoms with Crippen LogP contribution in [-0.2, 0) is 14.4 Å². The Morgan fingerprint density at radius 2 is 1.97 bits per heavy atom. The number of nitrogens with two attached hydrogens (primary N) is 2. The van der Waals surface area contributed by atoms with Gasteiger partial charge in [-0.1, -0.05) is 13.8 Å². The lowest BCUT2D eigenvalue weighted by atomic mass is 9.98. The van der Waals surface area contributed by atoms with Crippen LogP contribution in [0.5, 0.6) is 0 Å². The molecule has 3 unspecified atom stereocenters. The predicted molar refractivity (Wildman–Crippen MR) is 102 cm³/mol. The van der Waals surface area contributed by atoms with E-state index in [1.54, 1.807) is 13.8 Å². The molecule has 0 radical (unpaired) electrons. The highest BCUT2D eigenvalue weighted by molar-refractivity contribution is 5.96. The van der Waals surface area contributed by atoms with Gasteiger partial charge < -0.3 is 26.8 Å². The smallest absolute Gasteiger partial charge is 0.326 e. The van der Waals surface area contributed by atoms with Crippen LogP contribution in [-0.4, -0.2) is 52.3 Å². The van der Waals surface area contributed by atoms with E-state index in [4.69, 9.17) is 16.6 Å². The molecule has 1 aliphatic rings. The van der Waals surface area contributed by atoms with Crippen LogP contribution in [0.3, 0.4) is 0 Å². The maximum atomic E-state index is 12.2. The van der Waals surface area contributed by atoms with E-state index in [9.17, 15) is 19.2 Å². The Morgan fingerprint density at radius 3 is 2.48 bits per heavy atom. The third-order valence-electron chi connectivity index (χ3n) is 4.34. The van der Waals surface area contributed by atoms with Gasteiger partial charge in [-0.25, -0.2) is 9.78 Å². The average molecular weight is 407 g/mol. The van der Waals surface area contributed by atoms with Crippen molar-refractivity contribution < 1.29 is 24.3 Å². The van der Waals surface area contributed by atoms with Crippen molar-refractivity contribution in [2.75, 3.05) is 5.32 Å². The molecule has 29 heavy (non-hydrogen) atoms. The molecule has 1 saturated heterocycles. The second-order valence-corrected chi connectivity index (χ2v) is 7.00. The Labute approximate surface area is 166 Å². The quantitative estimate of drug-likeness (QED) is 0.270. The van der Waals surface area contributed by atoms with E-state index in [1.807, 2.05) is 0 Å². The highest BCUT2D eigenvalue weighted by Gasteiger charge is 2.34. The Kier molecular flexibility index (Phi) is 7.20. The van der Waals surface area contributed by atoms with Gasteiger partial charge in [-0.2, -0.15) is 0 Å². The number of nitrogens with one attached hydrogen (secondary N) is 4. The van der Waals surface area contributed by atoms with Gasteiger partial charge >= 0.3 is 5.97 Å². The van der Waals surface area contributed by atoms with E-state index < -0.39 is 48.1 Å². The molecule has 3 amide bonds. The van der Waals surface area contributed by atoms with Gasteiger partial charge in [-0.3, -0.25) is 25.4 Å². The summed E-state index contributed by atoms with van der Waals surface area (Å²) in [6.07, 6.45) is -0.454. The minimum Gasteiger partial charge on any atom is -0.480 e. The third kappa shape index (κ3) is 5.94. The number of carboxylic acid groups (broad SMARTS) is 1. The van der Waals surface area contributed by atoms with Crippen molar-refractivity contribution in [3.8, 4) is 0 Å². The minimum atomic E-state index is -1.14. The van der Waals surface area contributed by atoms with Crippen LogP contribution < -0.4 is 32.7 Å². The van der Waals surface area contributed by atoms with Crippen molar-refractivity contribution in [1.82, 2.24) is 20.9 Å². The molecule has 0 saturated carbocycles. The zero-order valence-corrected chi connectivity index (χ0v) is 16.0. The maximum Gasteiger partial charge on any atom is 0.326 e. The topological polar surface area (TPSA) is 202 Å². The molecule has 158 valence electrons. The van der Waals surface area contributed by atoms with E-state index in [-0.39, 0.29) is 18.0 Å². The lowest BCUT2D eigenvalue weighted by molar-refractivity contribution is -0.140. The minimum absolute atomic E-state index is 0.00164. The van der Waals surface area contributed by atoms with Crippen LogP contribution in [0.2, 0.25) is 0 Å². The molecule has 1 fully saturated rings. The summed E-state index contributed by atoms with van der Waals surface area (Å²) in [6, 6.07) is 1.75. The van der Waals surface area contributed by atoms with Crippen molar-refractivity contribution in [2.45, 2.75) is 38.8 Å². The van der Waals surface area contributed by atoms with E-state index in [0.29, 0.717) is 5.69 Å². The summed E-state index contributed by atoms with van der Waals surface area (Å²) in [5.74, 6) is -3.78. The van der Waals surface area contributed by atoms with Gasteiger partial charge in [0.15, 0.2) is 0 Å². The first kappa shape index (κ1) is 22.2. The fourth-order valence-electron chi connectivity index (χ4n) is 2.75. The van der Waals surface area contributed by atoms with Crippen molar-refractivity contribution in [3.63, 3.8) is 0 Å². The molecule has 1 aliphatic heterocycles. The summed E-state index contributed by atoms with van der Waals surface area (Å²) < 4.78 is 0. The largest absolute Gasteiger partial charge is 0.480 e. The van der Waals surface area contributed by atoms with Crippen molar-refractivity contribution in [2.24, 2.45) is 23.3 Å². The molecule has 0 aliphatic carbocycles. The first-order valence-electron chi connectivity index (χ1n) is 8.95. The number of amides is 3. The van der Waals surface area contributed by atoms with Gasteiger partial charge in [0.1, 0.15) is 18.0 Å². The number of hydrogen-bond donors (Lipinski definition) is 7. The van der Waals surface area contributed by atoms with Gasteiger partial charge in [0.25, 0.3) is 5.91 Å². The monoisotopic (exact) mass is 407 g/mol. The lowest BCUT2D eigenvalue weighted by Gasteiger charge is -2.33. The van der Waals surface area contributed by atoms with Crippen molar-refractivity contribution in [3.05, 3.63) is 24.0 Å². The summed E-state index contributed by atoms with van der Waals surface area (Å²) in [7, 11) is 0. The van der Waals surface area contributed by atoms with E-state index >= 15 is 0 Å². The molecule has 0 spiro atoms. The Bertz CT molecular complexity index is 783. The molecule has 9 N–H and O–H groups in total. The SMILES string of the molecule is CC(C)[C@H](NC(=O)c1ccc(NC(=O)CC2C(=O)NC(N)NC2N)cn1)C(=O)O. The van der Waals surface area contributed by atoms with E-state index in [0.717, 1.165) is 0 Å². The lowest BCUT2D eigenvalue weighted by Crippen LogP contribution is -2.67. The Morgan fingerprint density at radius 1 is 1.28 bits per heavy atom. The number of carbonyl (C=O) groups excluding carboxylic acids is 3. The standard InChI is InChI=1S/C17H25N7O5/c1-7(2)12(16(28)29)22-15(27)10-4-3-8(6-20-10)21-11(25)5-9-13(18)23-17(19)24-14(9)26/h3-4,6-7,9,12-13,17,23H,5,18-19H2,1-2H3,(H,21,25)(H,22,27)(H,24,26)(H,28,29)/t9?,12-,13?,17?/m0/s1. The number of anilines is 1. The molecule has 2 heterocycles. The fraction of sp³-hybridized carbons (Fsp3) is 0.471. The number of aromatic nitrogens is 1. The number of rotatable bonds is 7. The zero-order valence-electron chi connectivity index (χ0n) is 16.0. The van der Waals surface area contributed by atoms with Crippen LogP contribution in [0.4, 0.5) is 5.69 Å². The number of aliphatic carboxylic acids is 1. The number of carboxylic acids is 1. The molecular formula is C17H25N7O5. The molecule has 0 bridgehead atoms. The Balaban J connectivity index is 1.94. The number of carbonyl (C=O) groups is 4.